The minimum Gasteiger partial charge on any atom is -0.459 e. The molecule has 9 heteroatoms. The van der Waals surface area contributed by atoms with Crippen molar-refractivity contribution in [3.05, 3.63) is 81.7 Å². The third-order valence-electron chi connectivity index (χ3n) is 5.16. The molecule has 0 aliphatic carbocycles. The second kappa shape index (κ2) is 14.9. The van der Waals surface area contributed by atoms with E-state index in [1.54, 1.807) is 0 Å². The van der Waals surface area contributed by atoms with Crippen molar-refractivity contribution < 1.29 is 18.3 Å². The number of hydrogen-bond acceptors (Lipinski definition) is 4. The number of nitrogens with zero attached hydrogens (tertiary/aromatic N) is 3. The summed E-state index contributed by atoms with van der Waals surface area (Å²) >= 11 is -2.40. The van der Waals surface area contributed by atoms with Crippen LogP contribution < -0.4 is 4.72 Å². The number of carbonyl (C=O) groups excluding carboxylic acids is 1. The highest BCUT2D eigenvalue weighted by atomic mass is 32.2. The van der Waals surface area contributed by atoms with Gasteiger partial charge in [0.1, 0.15) is 12.1 Å². The fourth-order valence-electron chi connectivity index (χ4n) is 3.40. The molecule has 2 unspecified atom stereocenters. The summed E-state index contributed by atoms with van der Waals surface area (Å²) in [6.45, 7) is 2.50. The molecular weight excluding hydrogens is 452 g/mol. The number of carbonyl (C=O) groups is 1. The molecule has 8 nitrogen and oxygen atoms in total. The van der Waals surface area contributed by atoms with Crippen molar-refractivity contribution in [3.8, 4) is 11.8 Å². The summed E-state index contributed by atoms with van der Waals surface area (Å²) in [7, 11) is 0. The molecule has 0 spiro atoms. The predicted molar refractivity (Wildman–Crippen MR) is 133 cm³/mol. The number of benzene rings is 2. The van der Waals surface area contributed by atoms with Crippen molar-refractivity contribution in [1.29, 1.82) is 0 Å². The van der Waals surface area contributed by atoms with E-state index in [9.17, 15) is 13.6 Å². The maximum absolute atomic E-state index is 13.2. The highest BCUT2D eigenvalue weighted by Gasteiger charge is 2.41. The molecule has 0 saturated heterocycles. The normalized spacial score (nSPS) is 13.0. The maximum Gasteiger partial charge on any atom is 0.327 e. The predicted octanol–water partition coefficient (Wildman–Crippen LogP) is 5.07. The van der Waals surface area contributed by atoms with E-state index in [1.807, 2.05) is 61.5 Å². The van der Waals surface area contributed by atoms with Crippen LogP contribution in [0.2, 0.25) is 0 Å². The van der Waals surface area contributed by atoms with Gasteiger partial charge in [-0.25, -0.2) is 9.00 Å². The molecular formula is C25H30N4O4S. The minimum atomic E-state index is -2.40. The van der Waals surface area contributed by atoms with Gasteiger partial charge < -0.3 is 4.74 Å². The Morgan fingerprint density at radius 2 is 1.91 bits per heavy atom. The van der Waals surface area contributed by atoms with Gasteiger partial charge in [-0.05, 0) is 41.6 Å². The zero-order valence-electron chi connectivity index (χ0n) is 19.3. The molecule has 2 N–H and O–H groups in total. The van der Waals surface area contributed by atoms with Crippen LogP contribution in [0.3, 0.4) is 0 Å². The van der Waals surface area contributed by atoms with E-state index in [1.165, 1.54) is 0 Å². The monoisotopic (exact) mass is 482 g/mol. The lowest BCUT2D eigenvalue weighted by molar-refractivity contribution is -0.152. The molecule has 0 saturated carbocycles. The number of ether oxygens (including phenoxy) is 1. The summed E-state index contributed by atoms with van der Waals surface area (Å²) in [6, 6.07) is 16.7. The van der Waals surface area contributed by atoms with Crippen molar-refractivity contribution >= 4 is 17.2 Å². The number of unbranched alkanes of at least 4 members (excludes halogenated alkanes) is 2. The SMILES string of the molecule is CCCCC(Cc1ccc(C#CCCCN=[N+]=[N-])cc1)(NS(=O)O)C(=O)OCc1ccccc1. The minimum absolute atomic E-state index is 0.0848. The van der Waals surface area contributed by atoms with Gasteiger partial charge in [0, 0.05) is 29.9 Å². The van der Waals surface area contributed by atoms with E-state index < -0.39 is 22.8 Å². The summed E-state index contributed by atoms with van der Waals surface area (Å²) in [4.78, 5) is 15.9. The third kappa shape index (κ3) is 9.38. The molecule has 0 bridgehead atoms. The van der Waals surface area contributed by atoms with Crippen LogP contribution in [-0.4, -0.2) is 26.8 Å². The van der Waals surface area contributed by atoms with Gasteiger partial charge in [-0.15, -0.1) is 0 Å². The molecule has 2 aromatic carbocycles. The molecule has 0 aromatic heterocycles. The van der Waals surface area contributed by atoms with Crippen LogP contribution in [0.5, 0.6) is 0 Å². The van der Waals surface area contributed by atoms with Crippen LogP contribution in [0.4, 0.5) is 0 Å². The average molecular weight is 483 g/mol. The Balaban J connectivity index is 2.16. The van der Waals surface area contributed by atoms with Crippen molar-refractivity contribution in [2.75, 3.05) is 6.54 Å². The van der Waals surface area contributed by atoms with Gasteiger partial charge in [-0.2, -0.15) is 4.72 Å². The first kappa shape index (κ1) is 27.1. The Morgan fingerprint density at radius 1 is 1.18 bits per heavy atom. The molecule has 0 aliphatic rings. The smallest absolute Gasteiger partial charge is 0.327 e. The standard InChI is InChI=1S/C25H30N4O4S/c1-2-3-17-25(28-34(31)32,24(30)33-20-23-11-6-4-7-12-23)19-22-15-13-21(14-16-22)10-8-5-9-18-27-29-26/h4,6-7,11-16,28H,2-3,5,9,17-20H2,1H3,(H,31,32). The Kier molecular flexibility index (Phi) is 11.9. The molecule has 0 amide bonds. The first-order valence-electron chi connectivity index (χ1n) is 11.2. The van der Waals surface area contributed by atoms with E-state index in [-0.39, 0.29) is 13.0 Å². The molecule has 2 aromatic rings. The lowest BCUT2D eigenvalue weighted by atomic mass is 9.86. The highest BCUT2D eigenvalue weighted by Crippen LogP contribution is 2.24. The fourth-order valence-corrected chi connectivity index (χ4v) is 3.99. The summed E-state index contributed by atoms with van der Waals surface area (Å²) in [5, 5.41) is 3.48. The first-order chi connectivity index (χ1) is 16.5. The van der Waals surface area contributed by atoms with Crippen LogP contribution >= 0.6 is 0 Å². The zero-order valence-corrected chi connectivity index (χ0v) is 20.1. The van der Waals surface area contributed by atoms with Gasteiger partial charge >= 0.3 is 5.97 Å². The molecule has 2 rings (SSSR count). The van der Waals surface area contributed by atoms with E-state index >= 15 is 0 Å². The van der Waals surface area contributed by atoms with Gasteiger partial charge in [0.25, 0.3) is 0 Å². The van der Waals surface area contributed by atoms with E-state index in [0.717, 1.165) is 23.1 Å². The number of rotatable bonds is 13. The van der Waals surface area contributed by atoms with Crippen LogP contribution in [0.1, 0.15) is 55.7 Å². The topological polar surface area (TPSA) is 124 Å². The lowest BCUT2D eigenvalue weighted by Gasteiger charge is -2.31. The molecule has 0 heterocycles. The van der Waals surface area contributed by atoms with Crippen molar-refractivity contribution in [3.63, 3.8) is 0 Å². The summed E-state index contributed by atoms with van der Waals surface area (Å²) in [5.41, 5.74) is 9.42. The van der Waals surface area contributed by atoms with Crippen LogP contribution in [-0.2, 0) is 33.8 Å². The van der Waals surface area contributed by atoms with Gasteiger partial charge in [-0.3, -0.25) is 4.55 Å². The Morgan fingerprint density at radius 3 is 2.56 bits per heavy atom. The number of nitrogens with one attached hydrogen (secondary N) is 1. The molecule has 2 atom stereocenters. The van der Waals surface area contributed by atoms with Crippen molar-refractivity contribution in [2.45, 2.75) is 57.6 Å². The van der Waals surface area contributed by atoms with Crippen LogP contribution in [0.25, 0.3) is 10.4 Å². The molecule has 0 radical (unpaired) electrons. The summed E-state index contributed by atoms with van der Waals surface area (Å²) < 4.78 is 29.5. The molecule has 0 fully saturated rings. The second-order valence-corrected chi connectivity index (χ2v) is 8.53. The van der Waals surface area contributed by atoms with Gasteiger partial charge in [-0.1, -0.05) is 79.2 Å². The molecule has 34 heavy (non-hydrogen) atoms. The highest BCUT2D eigenvalue weighted by molar-refractivity contribution is 7.77. The number of azide groups is 1. The Labute approximate surface area is 203 Å². The second-order valence-electron chi connectivity index (χ2n) is 7.83. The Bertz CT molecular complexity index is 1040. The third-order valence-corrected chi connectivity index (χ3v) is 5.72. The van der Waals surface area contributed by atoms with E-state index in [4.69, 9.17) is 10.3 Å². The zero-order chi connectivity index (χ0) is 24.7. The quantitative estimate of drug-likeness (QED) is 0.0786. The molecule has 180 valence electrons. The summed E-state index contributed by atoms with van der Waals surface area (Å²) in [5.74, 6) is 5.54. The average Bonchev–Trinajstić information content (AvgIpc) is 2.84. The number of esters is 1. The maximum atomic E-state index is 13.2. The number of hydrogen-bond donors (Lipinski definition) is 2. The fraction of sp³-hybridized carbons (Fsp3) is 0.400. The van der Waals surface area contributed by atoms with Gasteiger partial charge in [0.15, 0.2) is 0 Å². The first-order valence-corrected chi connectivity index (χ1v) is 12.3. The van der Waals surface area contributed by atoms with E-state index in [2.05, 4.69) is 26.6 Å². The Hall–Kier alpha value is -3.15. The lowest BCUT2D eigenvalue weighted by Crippen LogP contribution is -2.55. The van der Waals surface area contributed by atoms with Gasteiger partial charge in [0.2, 0.25) is 11.3 Å². The van der Waals surface area contributed by atoms with Crippen molar-refractivity contribution in [2.24, 2.45) is 5.11 Å². The largest absolute Gasteiger partial charge is 0.459 e. The summed E-state index contributed by atoms with van der Waals surface area (Å²) in [6.07, 6.45) is 3.39. The van der Waals surface area contributed by atoms with Crippen LogP contribution in [0, 0.1) is 11.8 Å². The van der Waals surface area contributed by atoms with Crippen LogP contribution in [0.15, 0.2) is 59.7 Å². The van der Waals surface area contributed by atoms with Gasteiger partial charge in [0.05, 0.1) is 0 Å². The van der Waals surface area contributed by atoms with E-state index in [0.29, 0.717) is 32.2 Å². The van der Waals surface area contributed by atoms with Crippen molar-refractivity contribution in [1.82, 2.24) is 4.72 Å². The molecule has 0 aliphatic heterocycles.